The molecule has 4 nitrogen and oxygen atoms in total. The second kappa shape index (κ2) is 6.74. The molecule has 1 aromatic heterocycles. The van der Waals surface area contributed by atoms with Crippen molar-refractivity contribution in [3.8, 4) is 0 Å². The summed E-state index contributed by atoms with van der Waals surface area (Å²) < 4.78 is 43.1. The average molecular weight is 342 g/mol. The van der Waals surface area contributed by atoms with Crippen LogP contribution < -0.4 is 10.2 Å². The summed E-state index contributed by atoms with van der Waals surface area (Å²) in [4.78, 5) is 6.56. The van der Waals surface area contributed by atoms with Crippen LogP contribution in [0.25, 0.3) is 0 Å². The lowest BCUT2D eigenvalue weighted by atomic mass is 10.1. The molecule has 0 spiro atoms. The Kier molecular flexibility index (Phi) is 4.70. The fraction of sp³-hybridized carbons (Fsp3) is 0.467. The molecule has 0 unspecified atom stereocenters. The Morgan fingerprint density at radius 2 is 1.87 bits per heavy atom. The van der Waals surface area contributed by atoms with Gasteiger partial charge in [0, 0.05) is 31.2 Å². The predicted octanol–water partition coefficient (Wildman–Crippen LogP) is 4.16. The summed E-state index contributed by atoms with van der Waals surface area (Å²) in [5.74, 6) is 0.382. The Bertz CT molecular complexity index is 650. The van der Waals surface area contributed by atoms with Crippen molar-refractivity contribution in [1.29, 1.82) is 0 Å². The van der Waals surface area contributed by atoms with E-state index in [-0.39, 0.29) is 12.1 Å². The van der Waals surface area contributed by atoms with Crippen molar-refractivity contribution in [1.82, 2.24) is 9.36 Å². The summed E-state index contributed by atoms with van der Waals surface area (Å²) in [5, 5.41) is 3.72. The number of anilines is 2. The van der Waals surface area contributed by atoms with Crippen molar-refractivity contribution < 1.29 is 13.2 Å². The second-order valence-electron chi connectivity index (χ2n) is 5.46. The number of nitrogens with zero attached hydrogens (tertiary/aromatic N) is 3. The van der Waals surface area contributed by atoms with Gasteiger partial charge in [0.25, 0.3) is 0 Å². The van der Waals surface area contributed by atoms with Crippen LogP contribution in [0, 0.1) is 0 Å². The van der Waals surface area contributed by atoms with E-state index in [9.17, 15) is 13.2 Å². The zero-order valence-corrected chi connectivity index (χ0v) is 13.3. The highest BCUT2D eigenvalue weighted by Crippen LogP contribution is 2.32. The molecule has 0 amide bonds. The van der Waals surface area contributed by atoms with Crippen LogP contribution >= 0.6 is 11.5 Å². The lowest BCUT2D eigenvalue weighted by Crippen LogP contribution is -2.29. The van der Waals surface area contributed by atoms with Crippen molar-refractivity contribution in [2.45, 2.75) is 32.0 Å². The number of hydrogen-bond donors (Lipinski definition) is 1. The van der Waals surface area contributed by atoms with Crippen LogP contribution in [0.1, 0.15) is 30.4 Å². The number of piperidine rings is 1. The van der Waals surface area contributed by atoms with E-state index in [1.807, 2.05) is 0 Å². The Hall–Kier alpha value is -1.83. The number of benzene rings is 1. The molecular formula is C15H17F3N4S. The molecule has 1 fully saturated rings. The van der Waals surface area contributed by atoms with Crippen molar-refractivity contribution in [2.24, 2.45) is 0 Å². The minimum Gasteiger partial charge on any atom is -0.349 e. The predicted molar refractivity (Wildman–Crippen MR) is 84.7 cm³/mol. The van der Waals surface area contributed by atoms with Gasteiger partial charge in [-0.05, 0) is 30.9 Å². The number of halogens is 3. The first-order valence-electron chi connectivity index (χ1n) is 7.51. The van der Waals surface area contributed by atoms with Crippen LogP contribution in [0.15, 0.2) is 24.3 Å². The van der Waals surface area contributed by atoms with Crippen molar-refractivity contribution in [3.05, 3.63) is 35.4 Å². The molecule has 0 radical (unpaired) electrons. The first kappa shape index (κ1) is 16.0. The van der Waals surface area contributed by atoms with E-state index in [0.717, 1.165) is 37.1 Å². The van der Waals surface area contributed by atoms with Gasteiger partial charge in [0.2, 0.25) is 11.1 Å². The third-order valence-corrected chi connectivity index (χ3v) is 4.58. The molecule has 2 heterocycles. The van der Waals surface area contributed by atoms with E-state index in [4.69, 9.17) is 0 Å². The first-order valence-corrected chi connectivity index (χ1v) is 8.29. The van der Waals surface area contributed by atoms with Crippen LogP contribution in [0.5, 0.6) is 0 Å². The van der Waals surface area contributed by atoms with Crippen LogP contribution in [-0.2, 0) is 12.7 Å². The number of alkyl halides is 3. The van der Waals surface area contributed by atoms with E-state index in [0.29, 0.717) is 5.95 Å². The minimum atomic E-state index is -4.35. The zero-order valence-electron chi connectivity index (χ0n) is 12.4. The highest BCUT2D eigenvalue weighted by molar-refractivity contribution is 7.09. The minimum absolute atomic E-state index is 0.0475. The number of aromatic nitrogens is 2. The smallest absolute Gasteiger partial charge is 0.349 e. The Morgan fingerprint density at radius 1 is 1.13 bits per heavy atom. The first-order chi connectivity index (χ1) is 11.0. The summed E-state index contributed by atoms with van der Waals surface area (Å²) in [7, 11) is 0. The Labute approximate surface area is 136 Å². The molecule has 1 aliphatic rings. The normalized spacial score (nSPS) is 15.7. The van der Waals surface area contributed by atoms with Crippen molar-refractivity contribution >= 4 is 22.6 Å². The largest absolute Gasteiger partial charge is 0.416 e. The van der Waals surface area contributed by atoms with Gasteiger partial charge in [-0.2, -0.15) is 22.5 Å². The summed E-state index contributed by atoms with van der Waals surface area (Å²) in [5.41, 5.74) is -0.437. The second-order valence-corrected chi connectivity index (χ2v) is 6.19. The molecule has 8 heteroatoms. The highest BCUT2D eigenvalue weighted by atomic mass is 32.1. The van der Waals surface area contributed by atoms with Crippen molar-refractivity contribution in [3.63, 3.8) is 0 Å². The van der Waals surface area contributed by atoms with Crippen LogP contribution in [-0.4, -0.2) is 22.4 Å². The van der Waals surface area contributed by atoms with Gasteiger partial charge in [-0.25, -0.2) is 0 Å². The molecule has 1 saturated heterocycles. The van der Waals surface area contributed by atoms with E-state index in [2.05, 4.69) is 19.6 Å². The van der Waals surface area contributed by atoms with E-state index >= 15 is 0 Å². The molecule has 0 aliphatic carbocycles. The Morgan fingerprint density at radius 3 is 2.61 bits per heavy atom. The maximum atomic E-state index is 13.0. The number of nitrogens with one attached hydrogen (secondary N) is 1. The van der Waals surface area contributed by atoms with Gasteiger partial charge in [0.1, 0.15) is 0 Å². The van der Waals surface area contributed by atoms with Crippen molar-refractivity contribution in [2.75, 3.05) is 23.3 Å². The van der Waals surface area contributed by atoms with E-state index in [1.54, 1.807) is 6.07 Å². The molecule has 0 atom stereocenters. The summed E-state index contributed by atoms with van der Waals surface area (Å²) in [6.45, 7) is 1.98. The fourth-order valence-corrected chi connectivity index (χ4v) is 3.33. The van der Waals surface area contributed by atoms with E-state index < -0.39 is 11.7 Å². The van der Waals surface area contributed by atoms with Gasteiger partial charge < -0.3 is 10.2 Å². The number of hydrogen-bond acceptors (Lipinski definition) is 5. The standard InChI is InChI=1S/C15H17F3N4S/c16-15(17,18)12-7-3-2-6-11(12)10-19-13-20-14(23-21-13)22-8-4-1-5-9-22/h2-3,6-7H,1,4-5,8-10H2,(H,19,21). The molecule has 1 N–H and O–H groups in total. The molecule has 2 aromatic rings. The molecular weight excluding hydrogens is 325 g/mol. The van der Waals surface area contributed by atoms with Gasteiger partial charge in [-0.15, -0.1) is 0 Å². The van der Waals surface area contributed by atoms with Crippen LogP contribution in [0.2, 0.25) is 0 Å². The SMILES string of the molecule is FC(F)(F)c1ccccc1CNc1nsc(N2CCCCC2)n1. The number of rotatable bonds is 4. The third-order valence-electron chi connectivity index (χ3n) is 3.80. The molecule has 0 saturated carbocycles. The van der Waals surface area contributed by atoms with Gasteiger partial charge in [-0.3, -0.25) is 0 Å². The van der Waals surface area contributed by atoms with Gasteiger partial charge in [0.15, 0.2) is 0 Å². The lowest BCUT2D eigenvalue weighted by Gasteiger charge is -2.25. The monoisotopic (exact) mass is 342 g/mol. The highest BCUT2D eigenvalue weighted by Gasteiger charge is 2.32. The van der Waals surface area contributed by atoms with Crippen LogP contribution in [0.3, 0.4) is 0 Å². The topological polar surface area (TPSA) is 41.1 Å². The third kappa shape index (κ3) is 3.93. The molecule has 3 rings (SSSR count). The molecule has 23 heavy (non-hydrogen) atoms. The quantitative estimate of drug-likeness (QED) is 0.906. The van der Waals surface area contributed by atoms with Gasteiger partial charge in [-0.1, -0.05) is 18.2 Å². The molecule has 1 aromatic carbocycles. The Balaban J connectivity index is 1.66. The maximum Gasteiger partial charge on any atom is 0.416 e. The maximum absolute atomic E-state index is 13.0. The van der Waals surface area contributed by atoms with Gasteiger partial charge in [0.05, 0.1) is 5.56 Å². The van der Waals surface area contributed by atoms with Gasteiger partial charge >= 0.3 is 6.18 Å². The average Bonchev–Trinajstić information content (AvgIpc) is 3.02. The summed E-state index contributed by atoms with van der Waals surface area (Å²) >= 11 is 1.28. The fourth-order valence-electron chi connectivity index (χ4n) is 2.63. The molecule has 1 aliphatic heterocycles. The zero-order chi connectivity index (χ0) is 16.3. The lowest BCUT2D eigenvalue weighted by molar-refractivity contribution is -0.138. The molecule has 124 valence electrons. The summed E-state index contributed by atoms with van der Waals surface area (Å²) in [6.07, 6.45) is -0.843. The summed E-state index contributed by atoms with van der Waals surface area (Å²) in [6, 6.07) is 5.54. The van der Waals surface area contributed by atoms with Crippen LogP contribution in [0.4, 0.5) is 24.3 Å². The van der Waals surface area contributed by atoms with E-state index in [1.165, 1.54) is 30.1 Å². The molecule has 0 bridgehead atoms.